The number of ether oxygens (including phenoxy) is 1. The second-order valence-corrected chi connectivity index (χ2v) is 6.02. The van der Waals surface area contributed by atoms with E-state index in [1.54, 1.807) is 11.8 Å². The molecular weight excluding hydrogens is 342 g/mol. The third-order valence-corrected chi connectivity index (χ3v) is 4.39. The normalized spacial score (nSPS) is 11.0. The van der Waals surface area contributed by atoms with Crippen LogP contribution in [0.1, 0.15) is 13.8 Å². The highest BCUT2D eigenvalue weighted by Gasteiger charge is 2.05. The lowest BCUT2D eigenvalue weighted by atomic mass is 10.2. The van der Waals surface area contributed by atoms with Crippen LogP contribution in [-0.4, -0.2) is 16.9 Å². The quantitative estimate of drug-likeness (QED) is 0.653. The number of methoxy groups -OCH3 is 1. The lowest BCUT2D eigenvalue weighted by Crippen LogP contribution is -2.10. The van der Waals surface area contributed by atoms with E-state index in [2.05, 4.69) is 10.1 Å². The fraction of sp³-hybridized carbons (Fsp3) is 0.222. The van der Waals surface area contributed by atoms with Crippen LogP contribution in [-0.2, 0) is 7.05 Å². The second kappa shape index (κ2) is 8.66. The Kier molecular flexibility index (Phi) is 6.58. The van der Waals surface area contributed by atoms with Crippen LogP contribution in [0.25, 0.3) is 10.6 Å². The van der Waals surface area contributed by atoms with Crippen LogP contribution >= 0.6 is 22.9 Å². The van der Waals surface area contributed by atoms with Gasteiger partial charge in [-0.25, -0.2) is 9.67 Å². The zero-order valence-electron chi connectivity index (χ0n) is 14.2. The van der Waals surface area contributed by atoms with Gasteiger partial charge in [0.05, 0.1) is 12.8 Å². The second-order valence-electron chi connectivity index (χ2n) is 4.63. The molecule has 0 aliphatic rings. The molecule has 0 bridgehead atoms. The molecule has 3 rings (SSSR count). The Labute approximate surface area is 151 Å². The summed E-state index contributed by atoms with van der Waals surface area (Å²) in [5.41, 5.74) is 1.89. The van der Waals surface area contributed by atoms with Crippen LogP contribution in [0.15, 0.2) is 53.5 Å². The number of aromatic nitrogens is 2. The van der Waals surface area contributed by atoms with E-state index in [1.165, 1.54) is 11.3 Å². The average molecular weight is 362 g/mol. The molecule has 0 saturated heterocycles. The van der Waals surface area contributed by atoms with Crippen molar-refractivity contribution in [2.45, 2.75) is 13.8 Å². The zero-order chi connectivity index (χ0) is 17.5. The molecule has 0 spiro atoms. The standard InChI is InChI=1S/C16H14ClN3OS.C2H6/c1-20-16(18-13-7-9-14(21-2)10-8-13)22-15(19-20)11-3-5-12(17)6-4-11;1-2/h3-10H,1-2H3;1-2H3. The Morgan fingerprint density at radius 2 is 1.67 bits per heavy atom. The van der Waals surface area contributed by atoms with Crippen molar-refractivity contribution in [1.29, 1.82) is 0 Å². The van der Waals surface area contributed by atoms with Crippen LogP contribution < -0.4 is 9.54 Å². The van der Waals surface area contributed by atoms with Gasteiger partial charge in [0.15, 0.2) is 0 Å². The Bertz CT molecular complexity index is 836. The number of nitrogens with zero attached hydrogens (tertiary/aromatic N) is 3. The minimum Gasteiger partial charge on any atom is -0.497 e. The molecule has 126 valence electrons. The molecule has 0 atom stereocenters. The smallest absolute Gasteiger partial charge is 0.208 e. The molecular formula is C18H20ClN3OS. The average Bonchev–Trinajstić information content (AvgIpc) is 2.98. The number of hydrogen-bond acceptors (Lipinski definition) is 4. The van der Waals surface area contributed by atoms with Crippen LogP contribution in [0.2, 0.25) is 5.02 Å². The molecule has 0 N–H and O–H groups in total. The molecule has 2 aromatic carbocycles. The van der Waals surface area contributed by atoms with Crippen molar-refractivity contribution in [2.24, 2.45) is 12.0 Å². The predicted octanol–water partition coefficient (Wildman–Crippen LogP) is 5.07. The molecule has 0 aliphatic heterocycles. The van der Waals surface area contributed by atoms with E-state index >= 15 is 0 Å². The van der Waals surface area contributed by atoms with Crippen molar-refractivity contribution in [3.8, 4) is 16.3 Å². The number of rotatable bonds is 3. The molecule has 0 aliphatic carbocycles. The molecule has 0 fully saturated rings. The van der Waals surface area contributed by atoms with Crippen molar-refractivity contribution < 1.29 is 4.74 Å². The Morgan fingerprint density at radius 1 is 1.04 bits per heavy atom. The van der Waals surface area contributed by atoms with E-state index in [9.17, 15) is 0 Å². The largest absolute Gasteiger partial charge is 0.497 e. The fourth-order valence-corrected chi connectivity index (χ4v) is 2.96. The highest BCUT2D eigenvalue weighted by molar-refractivity contribution is 7.12. The molecule has 24 heavy (non-hydrogen) atoms. The van der Waals surface area contributed by atoms with E-state index in [0.717, 1.165) is 26.8 Å². The number of halogens is 1. The van der Waals surface area contributed by atoms with Crippen molar-refractivity contribution in [3.05, 3.63) is 58.4 Å². The van der Waals surface area contributed by atoms with E-state index in [0.29, 0.717) is 5.02 Å². The van der Waals surface area contributed by atoms with Gasteiger partial charge in [0.1, 0.15) is 10.8 Å². The van der Waals surface area contributed by atoms with Gasteiger partial charge < -0.3 is 4.74 Å². The SMILES string of the molecule is CC.COc1ccc(N=c2sc(-c3ccc(Cl)cc3)nn2C)cc1. The van der Waals surface area contributed by atoms with Crippen LogP contribution in [0.3, 0.4) is 0 Å². The minimum atomic E-state index is 0.716. The summed E-state index contributed by atoms with van der Waals surface area (Å²) in [6, 6.07) is 15.2. The van der Waals surface area contributed by atoms with Crippen molar-refractivity contribution >= 4 is 28.6 Å². The maximum Gasteiger partial charge on any atom is 0.208 e. The van der Waals surface area contributed by atoms with Gasteiger partial charge in [-0.3, -0.25) is 0 Å². The topological polar surface area (TPSA) is 39.4 Å². The van der Waals surface area contributed by atoms with Gasteiger partial charge in [-0.05, 0) is 36.4 Å². The first-order chi connectivity index (χ1) is 11.7. The summed E-state index contributed by atoms with van der Waals surface area (Å²) in [5, 5.41) is 6.14. The van der Waals surface area contributed by atoms with Crippen molar-refractivity contribution in [2.75, 3.05) is 7.11 Å². The zero-order valence-corrected chi connectivity index (χ0v) is 15.7. The third-order valence-electron chi connectivity index (χ3n) is 3.09. The summed E-state index contributed by atoms with van der Waals surface area (Å²) in [4.78, 5) is 5.45. The number of aryl methyl sites for hydroxylation is 1. The number of hydrogen-bond donors (Lipinski definition) is 0. The van der Waals surface area contributed by atoms with Crippen molar-refractivity contribution in [3.63, 3.8) is 0 Å². The fourth-order valence-electron chi connectivity index (χ4n) is 1.92. The Balaban J connectivity index is 0.00000100. The first-order valence-electron chi connectivity index (χ1n) is 7.64. The summed E-state index contributed by atoms with van der Waals surface area (Å²) < 4.78 is 6.92. The number of benzene rings is 2. The molecule has 0 saturated carbocycles. The van der Waals surface area contributed by atoms with E-state index in [4.69, 9.17) is 16.3 Å². The summed E-state index contributed by atoms with van der Waals surface area (Å²) in [5.74, 6) is 0.814. The van der Waals surface area contributed by atoms with Gasteiger partial charge in [0, 0.05) is 17.6 Å². The molecule has 0 unspecified atom stereocenters. The molecule has 6 heteroatoms. The summed E-state index contributed by atoms with van der Waals surface area (Å²) >= 11 is 7.45. The Hall–Kier alpha value is -2.11. The lowest BCUT2D eigenvalue weighted by molar-refractivity contribution is 0.415. The first-order valence-corrected chi connectivity index (χ1v) is 8.84. The van der Waals surface area contributed by atoms with Gasteiger partial charge in [-0.15, -0.1) is 0 Å². The maximum atomic E-state index is 5.92. The van der Waals surface area contributed by atoms with Crippen LogP contribution in [0.4, 0.5) is 5.69 Å². The van der Waals surface area contributed by atoms with Gasteiger partial charge in [0.25, 0.3) is 0 Å². The summed E-state index contributed by atoms with van der Waals surface area (Å²) in [6.45, 7) is 4.00. The van der Waals surface area contributed by atoms with E-state index in [1.807, 2.05) is 69.4 Å². The highest BCUT2D eigenvalue weighted by Crippen LogP contribution is 2.22. The van der Waals surface area contributed by atoms with Crippen molar-refractivity contribution in [1.82, 2.24) is 9.78 Å². The first kappa shape index (κ1) is 18.2. The van der Waals surface area contributed by atoms with Gasteiger partial charge >= 0.3 is 0 Å². The third kappa shape index (κ3) is 4.46. The predicted molar refractivity (Wildman–Crippen MR) is 101 cm³/mol. The maximum absolute atomic E-state index is 5.92. The molecule has 4 nitrogen and oxygen atoms in total. The molecule has 0 amide bonds. The van der Waals surface area contributed by atoms with E-state index < -0.39 is 0 Å². The summed E-state index contributed by atoms with van der Waals surface area (Å²) in [6.07, 6.45) is 0. The minimum absolute atomic E-state index is 0.716. The molecule has 1 heterocycles. The molecule has 0 radical (unpaired) electrons. The molecule has 3 aromatic rings. The monoisotopic (exact) mass is 361 g/mol. The van der Waals surface area contributed by atoms with Gasteiger partial charge in [0.2, 0.25) is 4.80 Å². The van der Waals surface area contributed by atoms with Gasteiger partial charge in [-0.2, -0.15) is 5.10 Å². The summed E-state index contributed by atoms with van der Waals surface area (Å²) in [7, 11) is 3.53. The van der Waals surface area contributed by atoms with Gasteiger partial charge in [-0.1, -0.05) is 48.9 Å². The van der Waals surface area contributed by atoms with E-state index in [-0.39, 0.29) is 0 Å². The lowest BCUT2D eigenvalue weighted by Gasteiger charge is -1.98. The Morgan fingerprint density at radius 3 is 2.25 bits per heavy atom. The van der Waals surface area contributed by atoms with Crippen LogP contribution in [0.5, 0.6) is 5.75 Å². The highest BCUT2D eigenvalue weighted by atomic mass is 35.5. The molecule has 1 aromatic heterocycles. The van der Waals surface area contributed by atoms with Crippen LogP contribution in [0, 0.1) is 0 Å².